The molecule has 0 unspecified atom stereocenters. The van der Waals surface area contributed by atoms with Crippen LogP contribution in [0.5, 0.6) is 0 Å². The lowest BCUT2D eigenvalue weighted by atomic mass is 10.2. The predicted molar refractivity (Wildman–Crippen MR) is 51.5 cm³/mol. The van der Waals surface area contributed by atoms with Crippen LogP contribution in [0, 0.1) is 0 Å². The summed E-state index contributed by atoms with van der Waals surface area (Å²) < 4.78 is 5.23. The Morgan fingerprint density at radius 3 is 2.38 bits per heavy atom. The monoisotopic (exact) mass is 185 g/mol. The van der Waals surface area contributed by atoms with Gasteiger partial charge in [0, 0.05) is 6.04 Å². The SMILES string of the molecule is C[C@H](NC1CC1)C(=O)OC(C)(C)C. The van der Waals surface area contributed by atoms with Crippen LogP contribution in [0.1, 0.15) is 40.5 Å². The van der Waals surface area contributed by atoms with Gasteiger partial charge in [-0.25, -0.2) is 0 Å². The Labute approximate surface area is 79.8 Å². The van der Waals surface area contributed by atoms with Gasteiger partial charge in [-0.2, -0.15) is 0 Å². The van der Waals surface area contributed by atoms with Crippen LogP contribution in [0.15, 0.2) is 0 Å². The van der Waals surface area contributed by atoms with Crippen molar-refractivity contribution in [1.29, 1.82) is 0 Å². The van der Waals surface area contributed by atoms with Crippen LogP contribution in [0.2, 0.25) is 0 Å². The zero-order valence-corrected chi connectivity index (χ0v) is 8.89. The molecule has 0 aromatic carbocycles. The van der Waals surface area contributed by atoms with Crippen molar-refractivity contribution in [3.63, 3.8) is 0 Å². The first-order chi connectivity index (χ1) is 5.88. The second-order valence-electron chi connectivity index (χ2n) is 4.70. The van der Waals surface area contributed by atoms with E-state index in [4.69, 9.17) is 4.74 Å². The minimum Gasteiger partial charge on any atom is -0.459 e. The molecule has 0 spiro atoms. The van der Waals surface area contributed by atoms with Gasteiger partial charge in [0.15, 0.2) is 0 Å². The Bertz CT molecular complexity index is 192. The Morgan fingerprint density at radius 2 is 2.00 bits per heavy atom. The molecule has 0 aliphatic heterocycles. The molecule has 1 rings (SSSR count). The average Bonchev–Trinajstić information content (AvgIpc) is 2.67. The van der Waals surface area contributed by atoms with Gasteiger partial charge < -0.3 is 10.1 Å². The summed E-state index contributed by atoms with van der Waals surface area (Å²) in [6, 6.07) is 0.370. The van der Waals surface area contributed by atoms with Crippen LogP contribution in [-0.2, 0) is 9.53 Å². The zero-order chi connectivity index (χ0) is 10.1. The molecule has 13 heavy (non-hydrogen) atoms. The van der Waals surface area contributed by atoms with Gasteiger partial charge >= 0.3 is 5.97 Å². The van der Waals surface area contributed by atoms with Gasteiger partial charge in [-0.1, -0.05) is 0 Å². The van der Waals surface area contributed by atoms with Crippen molar-refractivity contribution >= 4 is 5.97 Å². The van der Waals surface area contributed by atoms with Gasteiger partial charge in [-0.05, 0) is 40.5 Å². The lowest BCUT2D eigenvalue weighted by molar-refractivity contribution is -0.157. The lowest BCUT2D eigenvalue weighted by Gasteiger charge is -2.22. The van der Waals surface area contributed by atoms with E-state index >= 15 is 0 Å². The molecule has 1 N–H and O–H groups in total. The normalized spacial score (nSPS) is 19.7. The molecule has 1 aliphatic carbocycles. The molecule has 1 fully saturated rings. The molecule has 0 heterocycles. The summed E-state index contributed by atoms with van der Waals surface area (Å²) in [6.45, 7) is 7.50. The number of hydrogen-bond acceptors (Lipinski definition) is 3. The van der Waals surface area contributed by atoms with Crippen LogP contribution in [0.4, 0.5) is 0 Å². The third-order valence-corrected chi connectivity index (χ3v) is 1.82. The second kappa shape index (κ2) is 3.66. The van der Waals surface area contributed by atoms with Crippen LogP contribution in [0.3, 0.4) is 0 Å². The maximum absolute atomic E-state index is 11.4. The van der Waals surface area contributed by atoms with Gasteiger partial charge in [0.1, 0.15) is 11.6 Å². The molecule has 0 aromatic rings. The van der Waals surface area contributed by atoms with Crippen LogP contribution in [0.25, 0.3) is 0 Å². The molecule has 3 heteroatoms. The molecule has 1 saturated carbocycles. The smallest absolute Gasteiger partial charge is 0.323 e. The van der Waals surface area contributed by atoms with Gasteiger partial charge in [-0.3, -0.25) is 4.79 Å². The molecule has 0 amide bonds. The maximum atomic E-state index is 11.4. The van der Waals surface area contributed by atoms with Gasteiger partial charge in [0.05, 0.1) is 0 Å². The zero-order valence-electron chi connectivity index (χ0n) is 8.89. The van der Waals surface area contributed by atoms with E-state index in [0.29, 0.717) is 6.04 Å². The first-order valence-electron chi connectivity index (χ1n) is 4.87. The van der Waals surface area contributed by atoms with Crippen LogP contribution in [-0.4, -0.2) is 23.7 Å². The third-order valence-electron chi connectivity index (χ3n) is 1.82. The van der Waals surface area contributed by atoms with E-state index in [1.807, 2.05) is 27.7 Å². The Morgan fingerprint density at radius 1 is 1.46 bits per heavy atom. The molecule has 0 saturated heterocycles. The summed E-state index contributed by atoms with van der Waals surface area (Å²) in [5.74, 6) is -0.153. The number of ether oxygens (including phenoxy) is 1. The summed E-state index contributed by atoms with van der Waals surface area (Å²) in [6.07, 6.45) is 2.38. The summed E-state index contributed by atoms with van der Waals surface area (Å²) in [7, 11) is 0. The van der Waals surface area contributed by atoms with E-state index in [0.717, 1.165) is 0 Å². The van der Waals surface area contributed by atoms with Crippen molar-refractivity contribution in [2.24, 2.45) is 0 Å². The van der Waals surface area contributed by atoms with Crippen molar-refractivity contribution in [2.45, 2.75) is 58.2 Å². The van der Waals surface area contributed by atoms with E-state index in [1.54, 1.807) is 0 Å². The maximum Gasteiger partial charge on any atom is 0.323 e. The lowest BCUT2D eigenvalue weighted by Crippen LogP contribution is -2.40. The largest absolute Gasteiger partial charge is 0.459 e. The first-order valence-corrected chi connectivity index (χ1v) is 4.87. The molecule has 1 aliphatic rings. The number of carbonyl (C=O) groups is 1. The van der Waals surface area contributed by atoms with E-state index in [9.17, 15) is 4.79 Å². The molecule has 76 valence electrons. The van der Waals surface area contributed by atoms with E-state index in [1.165, 1.54) is 12.8 Å². The van der Waals surface area contributed by atoms with Crippen molar-refractivity contribution < 1.29 is 9.53 Å². The summed E-state index contributed by atoms with van der Waals surface area (Å²) in [5, 5.41) is 3.20. The minimum atomic E-state index is -0.378. The highest BCUT2D eigenvalue weighted by Crippen LogP contribution is 2.20. The molecule has 1 atom stereocenters. The Kier molecular flexibility index (Phi) is 2.96. The molecular weight excluding hydrogens is 166 g/mol. The molecule has 3 nitrogen and oxygen atoms in total. The quantitative estimate of drug-likeness (QED) is 0.677. The summed E-state index contributed by atoms with van der Waals surface area (Å²) in [4.78, 5) is 11.4. The average molecular weight is 185 g/mol. The first kappa shape index (κ1) is 10.5. The van der Waals surface area contributed by atoms with Crippen molar-refractivity contribution in [2.75, 3.05) is 0 Å². The highest BCUT2D eigenvalue weighted by Gasteiger charge is 2.28. The van der Waals surface area contributed by atoms with Gasteiger partial charge in [0.25, 0.3) is 0 Å². The molecular formula is C10H19NO2. The fourth-order valence-electron chi connectivity index (χ4n) is 1.06. The van der Waals surface area contributed by atoms with Crippen molar-refractivity contribution in [3.8, 4) is 0 Å². The Hall–Kier alpha value is -0.570. The number of nitrogens with one attached hydrogen (secondary N) is 1. The van der Waals surface area contributed by atoms with Gasteiger partial charge in [-0.15, -0.1) is 0 Å². The molecule has 0 bridgehead atoms. The fourth-order valence-corrected chi connectivity index (χ4v) is 1.06. The summed E-state index contributed by atoms with van der Waals surface area (Å²) >= 11 is 0. The third kappa shape index (κ3) is 4.27. The fraction of sp³-hybridized carbons (Fsp3) is 0.900. The highest BCUT2D eigenvalue weighted by molar-refractivity contribution is 5.75. The van der Waals surface area contributed by atoms with Crippen LogP contribution >= 0.6 is 0 Å². The van der Waals surface area contributed by atoms with E-state index in [2.05, 4.69) is 5.32 Å². The number of carbonyl (C=O) groups excluding carboxylic acids is 1. The van der Waals surface area contributed by atoms with Gasteiger partial charge in [0.2, 0.25) is 0 Å². The number of hydrogen-bond donors (Lipinski definition) is 1. The van der Waals surface area contributed by atoms with E-state index in [-0.39, 0.29) is 17.6 Å². The predicted octanol–water partition coefficient (Wildman–Crippen LogP) is 1.47. The number of rotatable bonds is 3. The topological polar surface area (TPSA) is 38.3 Å². The van der Waals surface area contributed by atoms with Crippen LogP contribution < -0.4 is 5.32 Å². The Balaban J connectivity index is 2.28. The standard InChI is InChI=1S/C10H19NO2/c1-7(11-8-5-6-8)9(12)13-10(2,3)4/h7-8,11H,5-6H2,1-4H3/t7-/m0/s1. The van der Waals surface area contributed by atoms with Crippen molar-refractivity contribution in [1.82, 2.24) is 5.32 Å². The molecule has 0 aromatic heterocycles. The minimum absolute atomic E-state index is 0.153. The number of esters is 1. The highest BCUT2D eigenvalue weighted by atomic mass is 16.6. The summed E-state index contributed by atoms with van der Waals surface area (Å²) in [5.41, 5.74) is -0.378. The van der Waals surface area contributed by atoms with E-state index < -0.39 is 0 Å². The molecule has 0 radical (unpaired) electrons. The van der Waals surface area contributed by atoms with Crippen molar-refractivity contribution in [3.05, 3.63) is 0 Å². The second-order valence-corrected chi connectivity index (χ2v) is 4.70.